The van der Waals surface area contributed by atoms with Crippen molar-refractivity contribution in [2.45, 2.75) is 32.4 Å². The highest BCUT2D eigenvalue weighted by molar-refractivity contribution is 6.31. The van der Waals surface area contributed by atoms with Crippen molar-refractivity contribution >= 4 is 28.5 Å². The third-order valence-electron chi connectivity index (χ3n) is 4.44. The van der Waals surface area contributed by atoms with Crippen LogP contribution in [0.15, 0.2) is 58.1 Å². The predicted molar refractivity (Wildman–Crippen MR) is 105 cm³/mol. The molecule has 0 bridgehead atoms. The quantitative estimate of drug-likeness (QED) is 0.632. The minimum atomic E-state index is -0.892. The summed E-state index contributed by atoms with van der Waals surface area (Å²) in [5.74, 6) is -0.892. The van der Waals surface area contributed by atoms with Gasteiger partial charge >= 0.3 is 11.7 Å². The number of carboxylic acid groups (broad SMARTS) is 1. The largest absolute Gasteiger partial charge is 0.481 e. The number of aliphatic carboxylic acids is 1. The minimum Gasteiger partial charge on any atom is -0.481 e. The molecular formula is C20H19ClN2O4. The number of hydrogen-bond donors (Lipinski definition) is 1. The standard InChI is InChI=1S/C20H19ClN2O4/c21-16-9-3-1-7-14(16)13-23-17-10-4-2-8-15(17)19(26)22(20(23)27)12-6-5-11-18(24)25/h1-4,7-10H,5-6,11-13H2,(H,24,25). The monoisotopic (exact) mass is 386 g/mol. The maximum atomic E-state index is 13.0. The van der Waals surface area contributed by atoms with Gasteiger partial charge in [-0.2, -0.15) is 0 Å². The first-order valence-electron chi connectivity index (χ1n) is 8.66. The Morgan fingerprint density at radius 3 is 2.41 bits per heavy atom. The number of aromatic nitrogens is 2. The zero-order chi connectivity index (χ0) is 19.4. The molecule has 0 saturated heterocycles. The number of unbranched alkanes of at least 4 members (excludes halogenated alkanes) is 1. The molecule has 0 atom stereocenters. The molecule has 0 aliphatic carbocycles. The highest BCUT2D eigenvalue weighted by Crippen LogP contribution is 2.17. The first kappa shape index (κ1) is 18.9. The Labute approximate surface area is 160 Å². The van der Waals surface area contributed by atoms with Crippen LogP contribution in [-0.4, -0.2) is 20.2 Å². The van der Waals surface area contributed by atoms with E-state index >= 15 is 0 Å². The second-order valence-corrected chi connectivity index (χ2v) is 6.69. The van der Waals surface area contributed by atoms with E-state index in [-0.39, 0.29) is 25.1 Å². The zero-order valence-corrected chi connectivity index (χ0v) is 15.4. The Morgan fingerprint density at radius 1 is 0.963 bits per heavy atom. The van der Waals surface area contributed by atoms with Crippen LogP contribution in [0.25, 0.3) is 10.9 Å². The Balaban J connectivity index is 2.06. The number of fused-ring (bicyclic) bond motifs is 1. The molecule has 2 aromatic carbocycles. The number of carboxylic acids is 1. The van der Waals surface area contributed by atoms with Crippen molar-refractivity contribution in [3.05, 3.63) is 80.0 Å². The average molecular weight is 387 g/mol. The van der Waals surface area contributed by atoms with E-state index in [2.05, 4.69) is 0 Å². The first-order chi connectivity index (χ1) is 13.0. The lowest BCUT2D eigenvalue weighted by molar-refractivity contribution is -0.137. The molecule has 0 aliphatic heterocycles. The van der Waals surface area contributed by atoms with Gasteiger partial charge < -0.3 is 5.11 Å². The molecule has 0 spiro atoms. The zero-order valence-electron chi connectivity index (χ0n) is 14.6. The van der Waals surface area contributed by atoms with Crippen molar-refractivity contribution in [1.82, 2.24) is 9.13 Å². The molecular weight excluding hydrogens is 368 g/mol. The second kappa shape index (κ2) is 8.22. The summed E-state index contributed by atoms with van der Waals surface area (Å²) in [6.45, 7) is 0.423. The van der Waals surface area contributed by atoms with Crippen LogP contribution in [0.3, 0.4) is 0 Å². The van der Waals surface area contributed by atoms with Gasteiger partial charge in [0.25, 0.3) is 5.56 Å². The van der Waals surface area contributed by atoms with E-state index in [0.29, 0.717) is 28.8 Å². The molecule has 7 heteroatoms. The van der Waals surface area contributed by atoms with E-state index in [1.165, 1.54) is 9.13 Å². The van der Waals surface area contributed by atoms with Gasteiger partial charge in [-0.1, -0.05) is 41.9 Å². The fraction of sp³-hybridized carbons (Fsp3) is 0.250. The van der Waals surface area contributed by atoms with Gasteiger partial charge in [0.2, 0.25) is 0 Å². The van der Waals surface area contributed by atoms with Crippen LogP contribution >= 0.6 is 11.6 Å². The molecule has 0 unspecified atom stereocenters. The van der Waals surface area contributed by atoms with Crippen LogP contribution in [0.4, 0.5) is 0 Å². The SMILES string of the molecule is O=C(O)CCCCn1c(=O)c2ccccc2n(Cc2ccccc2Cl)c1=O. The van der Waals surface area contributed by atoms with Crippen LogP contribution in [0, 0.1) is 0 Å². The summed E-state index contributed by atoms with van der Waals surface area (Å²) in [6.07, 6.45) is 0.848. The van der Waals surface area contributed by atoms with E-state index < -0.39 is 11.7 Å². The first-order valence-corrected chi connectivity index (χ1v) is 9.04. The smallest absolute Gasteiger partial charge is 0.331 e. The van der Waals surface area contributed by atoms with Crippen molar-refractivity contribution in [2.24, 2.45) is 0 Å². The number of carbonyl (C=O) groups is 1. The van der Waals surface area contributed by atoms with E-state index in [1.54, 1.807) is 30.3 Å². The lowest BCUT2D eigenvalue weighted by atomic mass is 10.2. The summed E-state index contributed by atoms with van der Waals surface area (Å²) in [5.41, 5.74) is 0.548. The molecule has 1 aromatic heterocycles. The highest BCUT2D eigenvalue weighted by Gasteiger charge is 2.14. The summed E-state index contributed by atoms with van der Waals surface area (Å²) in [7, 11) is 0. The summed E-state index contributed by atoms with van der Waals surface area (Å²) in [5, 5.41) is 9.74. The molecule has 0 radical (unpaired) electrons. The average Bonchev–Trinajstić information content (AvgIpc) is 2.65. The molecule has 0 saturated carbocycles. The Hall–Kier alpha value is -2.86. The van der Waals surface area contributed by atoms with E-state index in [4.69, 9.17) is 16.7 Å². The number of hydrogen-bond acceptors (Lipinski definition) is 3. The Kier molecular flexibility index (Phi) is 5.76. The maximum Gasteiger partial charge on any atom is 0.331 e. The summed E-state index contributed by atoms with van der Waals surface area (Å²) < 4.78 is 2.72. The molecule has 1 heterocycles. The molecule has 3 rings (SSSR count). The van der Waals surface area contributed by atoms with E-state index in [1.807, 2.05) is 18.2 Å². The summed E-state index contributed by atoms with van der Waals surface area (Å²) in [4.78, 5) is 36.4. The molecule has 0 fully saturated rings. The van der Waals surface area contributed by atoms with Gasteiger partial charge in [-0.05, 0) is 36.6 Å². The van der Waals surface area contributed by atoms with Gasteiger partial charge in [0.05, 0.1) is 17.4 Å². The third-order valence-corrected chi connectivity index (χ3v) is 4.81. The lowest BCUT2D eigenvalue weighted by Crippen LogP contribution is -2.40. The fourth-order valence-corrected chi connectivity index (χ4v) is 3.26. The van der Waals surface area contributed by atoms with Gasteiger partial charge in [-0.15, -0.1) is 0 Å². The molecule has 6 nitrogen and oxygen atoms in total. The van der Waals surface area contributed by atoms with Crippen molar-refractivity contribution in [3.8, 4) is 0 Å². The topological polar surface area (TPSA) is 81.3 Å². The predicted octanol–water partition coefficient (Wildman–Crippen LogP) is 3.12. The van der Waals surface area contributed by atoms with Gasteiger partial charge in [0, 0.05) is 18.0 Å². The van der Waals surface area contributed by atoms with Gasteiger partial charge in [0.1, 0.15) is 0 Å². The van der Waals surface area contributed by atoms with Gasteiger partial charge in [-0.3, -0.25) is 18.7 Å². The van der Waals surface area contributed by atoms with Crippen LogP contribution in [-0.2, 0) is 17.9 Å². The number of rotatable bonds is 7. The highest BCUT2D eigenvalue weighted by atomic mass is 35.5. The van der Waals surface area contributed by atoms with Crippen molar-refractivity contribution in [1.29, 1.82) is 0 Å². The van der Waals surface area contributed by atoms with E-state index in [9.17, 15) is 14.4 Å². The lowest BCUT2D eigenvalue weighted by Gasteiger charge is -2.14. The van der Waals surface area contributed by atoms with Gasteiger partial charge in [0.15, 0.2) is 0 Å². The van der Waals surface area contributed by atoms with Crippen LogP contribution in [0.1, 0.15) is 24.8 Å². The third kappa shape index (κ3) is 4.11. The second-order valence-electron chi connectivity index (χ2n) is 6.28. The molecule has 0 aliphatic rings. The van der Waals surface area contributed by atoms with Gasteiger partial charge in [-0.25, -0.2) is 4.79 Å². The summed E-state index contributed by atoms with van der Waals surface area (Å²) >= 11 is 6.24. The normalized spacial score (nSPS) is 11.0. The molecule has 140 valence electrons. The molecule has 1 N–H and O–H groups in total. The molecule has 27 heavy (non-hydrogen) atoms. The van der Waals surface area contributed by atoms with Crippen LogP contribution in [0.5, 0.6) is 0 Å². The Bertz CT molecular complexity index is 1100. The number of benzene rings is 2. The molecule has 0 amide bonds. The molecule has 3 aromatic rings. The van der Waals surface area contributed by atoms with Crippen LogP contribution < -0.4 is 11.2 Å². The Morgan fingerprint density at radius 2 is 1.67 bits per heavy atom. The number of para-hydroxylation sites is 1. The maximum absolute atomic E-state index is 13.0. The minimum absolute atomic E-state index is 0.0101. The van der Waals surface area contributed by atoms with E-state index in [0.717, 1.165) is 5.56 Å². The van der Waals surface area contributed by atoms with Crippen molar-refractivity contribution in [2.75, 3.05) is 0 Å². The number of halogens is 1. The summed E-state index contributed by atoms with van der Waals surface area (Å²) in [6, 6.07) is 14.2. The fourth-order valence-electron chi connectivity index (χ4n) is 3.06. The van der Waals surface area contributed by atoms with Crippen molar-refractivity contribution < 1.29 is 9.90 Å². The number of nitrogens with zero attached hydrogens (tertiary/aromatic N) is 2. The van der Waals surface area contributed by atoms with Crippen LogP contribution in [0.2, 0.25) is 5.02 Å². The van der Waals surface area contributed by atoms with Crippen molar-refractivity contribution in [3.63, 3.8) is 0 Å².